The SMILES string of the molecule is O=C[C@H](O)[C@@H](OCCCCCCCCOc1ccccc1)[C@H](O)[C@H](O)CO. The summed E-state index contributed by atoms with van der Waals surface area (Å²) in [7, 11) is 0. The third-order valence-electron chi connectivity index (χ3n) is 4.25. The summed E-state index contributed by atoms with van der Waals surface area (Å²) in [5, 5.41) is 37.7. The number of benzene rings is 1. The summed E-state index contributed by atoms with van der Waals surface area (Å²) >= 11 is 0. The topological polar surface area (TPSA) is 116 Å². The van der Waals surface area contributed by atoms with Crippen LogP contribution in [-0.2, 0) is 9.53 Å². The van der Waals surface area contributed by atoms with Crippen LogP contribution in [0.2, 0.25) is 0 Å². The Kier molecular flexibility index (Phi) is 12.7. The number of unbranched alkanes of at least 4 members (excludes halogenated alkanes) is 5. The Morgan fingerprint density at radius 1 is 0.889 bits per heavy atom. The van der Waals surface area contributed by atoms with Gasteiger partial charge in [-0.15, -0.1) is 0 Å². The predicted molar refractivity (Wildman–Crippen MR) is 101 cm³/mol. The largest absolute Gasteiger partial charge is 0.494 e. The van der Waals surface area contributed by atoms with E-state index in [-0.39, 0.29) is 12.9 Å². The maximum atomic E-state index is 10.7. The van der Waals surface area contributed by atoms with Crippen LogP contribution in [0.3, 0.4) is 0 Å². The normalized spacial score (nSPS) is 15.7. The molecule has 7 nitrogen and oxygen atoms in total. The number of aldehydes is 1. The van der Waals surface area contributed by atoms with Crippen LogP contribution in [0, 0.1) is 0 Å². The summed E-state index contributed by atoms with van der Waals surface area (Å²) in [5.41, 5.74) is 0. The number of para-hydroxylation sites is 1. The lowest BCUT2D eigenvalue weighted by Crippen LogP contribution is -2.48. The molecular formula is C20H32O7. The maximum absolute atomic E-state index is 10.7. The van der Waals surface area contributed by atoms with Crippen molar-refractivity contribution in [2.45, 2.75) is 62.9 Å². The zero-order chi connectivity index (χ0) is 19.9. The lowest BCUT2D eigenvalue weighted by Gasteiger charge is -2.27. The van der Waals surface area contributed by atoms with Gasteiger partial charge in [-0.1, -0.05) is 43.9 Å². The highest BCUT2D eigenvalue weighted by molar-refractivity contribution is 5.56. The highest BCUT2D eigenvalue weighted by atomic mass is 16.5. The van der Waals surface area contributed by atoms with Crippen molar-refractivity contribution in [3.05, 3.63) is 30.3 Å². The van der Waals surface area contributed by atoms with E-state index in [0.29, 0.717) is 13.0 Å². The van der Waals surface area contributed by atoms with E-state index in [1.807, 2.05) is 30.3 Å². The summed E-state index contributed by atoms with van der Waals surface area (Å²) in [6, 6.07) is 9.71. The molecule has 0 bridgehead atoms. The molecule has 27 heavy (non-hydrogen) atoms. The molecule has 154 valence electrons. The maximum Gasteiger partial charge on any atom is 0.151 e. The molecule has 0 aromatic heterocycles. The van der Waals surface area contributed by atoms with Gasteiger partial charge in [0.25, 0.3) is 0 Å². The molecular weight excluding hydrogens is 352 g/mol. The quantitative estimate of drug-likeness (QED) is 0.249. The first kappa shape index (κ1) is 23.5. The Morgan fingerprint density at radius 2 is 1.48 bits per heavy atom. The van der Waals surface area contributed by atoms with Crippen molar-refractivity contribution in [2.75, 3.05) is 19.8 Å². The van der Waals surface area contributed by atoms with Crippen LogP contribution in [0.25, 0.3) is 0 Å². The summed E-state index contributed by atoms with van der Waals surface area (Å²) in [4.78, 5) is 10.7. The van der Waals surface area contributed by atoms with Crippen LogP contribution < -0.4 is 4.74 Å². The van der Waals surface area contributed by atoms with Crippen LogP contribution in [0.4, 0.5) is 0 Å². The molecule has 4 N–H and O–H groups in total. The van der Waals surface area contributed by atoms with Gasteiger partial charge in [0.05, 0.1) is 13.2 Å². The number of carbonyl (C=O) groups excluding carboxylic acids is 1. The van der Waals surface area contributed by atoms with E-state index in [0.717, 1.165) is 37.9 Å². The average Bonchev–Trinajstić information content (AvgIpc) is 2.71. The molecule has 4 atom stereocenters. The monoisotopic (exact) mass is 384 g/mol. The summed E-state index contributed by atoms with van der Waals surface area (Å²) in [6.45, 7) is 0.270. The molecule has 1 aromatic rings. The molecule has 1 aromatic carbocycles. The second-order valence-corrected chi connectivity index (χ2v) is 6.49. The fourth-order valence-electron chi connectivity index (χ4n) is 2.64. The first-order valence-electron chi connectivity index (χ1n) is 9.50. The Hall–Kier alpha value is -1.51. The van der Waals surface area contributed by atoms with Gasteiger partial charge < -0.3 is 34.7 Å². The van der Waals surface area contributed by atoms with E-state index in [9.17, 15) is 20.1 Å². The molecule has 1 rings (SSSR count). The van der Waals surface area contributed by atoms with Crippen molar-refractivity contribution in [1.29, 1.82) is 0 Å². The first-order valence-corrected chi connectivity index (χ1v) is 9.50. The number of hydrogen-bond acceptors (Lipinski definition) is 7. The fourth-order valence-corrected chi connectivity index (χ4v) is 2.64. The molecule has 0 heterocycles. The molecule has 0 unspecified atom stereocenters. The molecule has 0 fully saturated rings. The number of aliphatic hydroxyl groups excluding tert-OH is 4. The summed E-state index contributed by atoms with van der Waals surface area (Å²) in [5.74, 6) is 0.884. The van der Waals surface area contributed by atoms with E-state index in [2.05, 4.69) is 0 Å². The predicted octanol–water partition coefficient (Wildman–Crippen LogP) is 1.07. The molecule has 0 radical (unpaired) electrons. The zero-order valence-corrected chi connectivity index (χ0v) is 15.7. The van der Waals surface area contributed by atoms with Crippen LogP contribution >= 0.6 is 0 Å². The van der Waals surface area contributed by atoms with Gasteiger partial charge in [0.15, 0.2) is 6.29 Å². The lowest BCUT2D eigenvalue weighted by atomic mass is 10.0. The van der Waals surface area contributed by atoms with Gasteiger partial charge in [-0.25, -0.2) is 0 Å². The number of rotatable bonds is 16. The van der Waals surface area contributed by atoms with Gasteiger partial charge in [-0.05, 0) is 25.0 Å². The minimum Gasteiger partial charge on any atom is -0.494 e. The van der Waals surface area contributed by atoms with Gasteiger partial charge in [0, 0.05) is 6.61 Å². The van der Waals surface area contributed by atoms with E-state index in [1.165, 1.54) is 0 Å². The van der Waals surface area contributed by atoms with E-state index < -0.39 is 31.0 Å². The molecule has 0 saturated carbocycles. The van der Waals surface area contributed by atoms with Gasteiger partial charge in [0.1, 0.15) is 30.2 Å². The molecule has 0 saturated heterocycles. The first-order chi connectivity index (χ1) is 13.1. The third kappa shape index (κ3) is 9.83. The van der Waals surface area contributed by atoms with Crippen molar-refractivity contribution >= 4 is 6.29 Å². The second kappa shape index (κ2) is 14.5. The van der Waals surface area contributed by atoms with Crippen LogP contribution in [0.1, 0.15) is 38.5 Å². The Balaban J connectivity index is 2.06. The van der Waals surface area contributed by atoms with E-state index in [4.69, 9.17) is 14.6 Å². The van der Waals surface area contributed by atoms with Crippen molar-refractivity contribution in [1.82, 2.24) is 0 Å². The zero-order valence-electron chi connectivity index (χ0n) is 15.7. The minimum absolute atomic E-state index is 0.246. The Bertz CT molecular complexity index is 482. The second-order valence-electron chi connectivity index (χ2n) is 6.49. The highest BCUT2D eigenvalue weighted by Gasteiger charge is 2.32. The summed E-state index contributed by atoms with van der Waals surface area (Å²) < 4.78 is 11.0. The van der Waals surface area contributed by atoms with Crippen LogP contribution in [0.5, 0.6) is 5.75 Å². The standard InChI is InChI=1S/C20H32O7/c21-14-17(23)19(25)20(18(24)15-22)27-13-9-4-2-1-3-8-12-26-16-10-6-5-7-11-16/h5-7,10-11,15,17-21,23-25H,1-4,8-9,12-14H2/t17-,18+,19-,20-/m1/s1. The van der Waals surface area contributed by atoms with Gasteiger partial charge in [0.2, 0.25) is 0 Å². The number of ether oxygens (including phenoxy) is 2. The van der Waals surface area contributed by atoms with E-state index >= 15 is 0 Å². The Labute approximate surface area is 160 Å². The molecule has 0 aliphatic rings. The Morgan fingerprint density at radius 3 is 2.07 bits per heavy atom. The van der Waals surface area contributed by atoms with Crippen molar-refractivity contribution in [3.8, 4) is 5.75 Å². The average molecular weight is 384 g/mol. The van der Waals surface area contributed by atoms with Crippen molar-refractivity contribution in [2.24, 2.45) is 0 Å². The lowest BCUT2D eigenvalue weighted by molar-refractivity contribution is -0.150. The van der Waals surface area contributed by atoms with E-state index in [1.54, 1.807) is 0 Å². The van der Waals surface area contributed by atoms with Crippen LogP contribution in [0.15, 0.2) is 30.3 Å². The third-order valence-corrected chi connectivity index (χ3v) is 4.25. The number of hydrogen-bond donors (Lipinski definition) is 4. The highest BCUT2D eigenvalue weighted by Crippen LogP contribution is 2.12. The summed E-state index contributed by atoms with van der Waals surface area (Å²) in [6.07, 6.45) is 0.239. The minimum atomic E-state index is -1.55. The number of aliphatic hydroxyl groups is 4. The van der Waals surface area contributed by atoms with Crippen molar-refractivity contribution < 1.29 is 34.7 Å². The molecule has 0 aliphatic carbocycles. The molecule has 0 amide bonds. The van der Waals surface area contributed by atoms with Gasteiger partial charge >= 0.3 is 0 Å². The number of carbonyl (C=O) groups is 1. The molecule has 7 heteroatoms. The fraction of sp³-hybridized carbons (Fsp3) is 0.650. The smallest absolute Gasteiger partial charge is 0.151 e. The molecule has 0 spiro atoms. The molecule has 0 aliphatic heterocycles. The van der Waals surface area contributed by atoms with Crippen molar-refractivity contribution in [3.63, 3.8) is 0 Å². The van der Waals surface area contributed by atoms with Crippen LogP contribution in [-0.4, -0.2) is 70.9 Å². The van der Waals surface area contributed by atoms with Gasteiger partial charge in [-0.3, -0.25) is 0 Å². The van der Waals surface area contributed by atoms with Gasteiger partial charge in [-0.2, -0.15) is 0 Å².